The van der Waals surface area contributed by atoms with Gasteiger partial charge in [-0.15, -0.1) is 6.58 Å². The van der Waals surface area contributed by atoms with E-state index in [0.29, 0.717) is 12.8 Å². The molecular formula is C11H13F2N. The normalized spacial score (nSPS) is 12.5. The molecular weight excluding hydrogens is 184 g/mol. The maximum atomic E-state index is 13.2. The molecule has 14 heavy (non-hydrogen) atoms. The van der Waals surface area contributed by atoms with Crippen molar-refractivity contribution in [2.24, 2.45) is 5.73 Å². The smallest absolute Gasteiger partial charge is 0.163 e. The summed E-state index contributed by atoms with van der Waals surface area (Å²) >= 11 is 0. The van der Waals surface area contributed by atoms with E-state index in [4.69, 9.17) is 5.73 Å². The highest BCUT2D eigenvalue weighted by Gasteiger charge is 2.13. The summed E-state index contributed by atoms with van der Waals surface area (Å²) in [4.78, 5) is 0. The second-order valence-electron chi connectivity index (χ2n) is 3.12. The van der Waals surface area contributed by atoms with E-state index in [9.17, 15) is 8.78 Å². The lowest BCUT2D eigenvalue weighted by molar-refractivity contribution is 0.484. The molecule has 0 heterocycles. The number of nitrogens with two attached hydrogens (primary N) is 1. The number of benzene rings is 1. The molecule has 2 N–H and O–H groups in total. The van der Waals surface area contributed by atoms with E-state index in [1.54, 1.807) is 6.08 Å². The Morgan fingerprint density at radius 1 is 1.43 bits per heavy atom. The Bertz CT molecular complexity index is 323. The quantitative estimate of drug-likeness (QED) is 0.738. The van der Waals surface area contributed by atoms with Gasteiger partial charge in [-0.05, 0) is 18.9 Å². The predicted molar refractivity (Wildman–Crippen MR) is 52.7 cm³/mol. The molecule has 0 bridgehead atoms. The average molecular weight is 197 g/mol. The second-order valence-corrected chi connectivity index (χ2v) is 3.12. The number of halogens is 2. The van der Waals surface area contributed by atoms with Crippen LogP contribution in [0.1, 0.15) is 24.4 Å². The Morgan fingerprint density at radius 2 is 2.14 bits per heavy atom. The molecule has 76 valence electrons. The van der Waals surface area contributed by atoms with Crippen LogP contribution in [0.3, 0.4) is 0 Å². The predicted octanol–water partition coefficient (Wildman–Crippen LogP) is 2.93. The Hall–Kier alpha value is -1.22. The van der Waals surface area contributed by atoms with E-state index < -0.39 is 17.7 Å². The summed E-state index contributed by atoms with van der Waals surface area (Å²) < 4.78 is 26.0. The number of allylic oxidation sites excluding steroid dienone is 1. The van der Waals surface area contributed by atoms with Gasteiger partial charge in [0.2, 0.25) is 0 Å². The Kier molecular flexibility index (Phi) is 3.77. The second kappa shape index (κ2) is 4.86. The summed E-state index contributed by atoms with van der Waals surface area (Å²) in [6.07, 6.45) is 2.97. The van der Waals surface area contributed by atoms with E-state index in [1.165, 1.54) is 12.1 Å². The highest BCUT2D eigenvalue weighted by Crippen LogP contribution is 2.20. The van der Waals surface area contributed by atoms with Crippen LogP contribution in [0.4, 0.5) is 8.78 Å². The average Bonchev–Trinajstić information content (AvgIpc) is 2.18. The summed E-state index contributed by atoms with van der Waals surface area (Å²) in [5.41, 5.74) is 5.92. The minimum Gasteiger partial charge on any atom is -0.324 e. The number of hydrogen-bond donors (Lipinski definition) is 1. The fraction of sp³-hybridized carbons (Fsp3) is 0.273. The molecule has 0 aromatic heterocycles. The van der Waals surface area contributed by atoms with Gasteiger partial charge in [0.25, 0.3) is 0 Å². The molecule has 0 amide bonds. The maximum absolute atomic E-state index is 13.2. The molecule has 0 saturated carbocycles. The minimum absolute atomic E-state index is 0.229. The van der Waals surface area contributed by atoms with Crippen molar-refractivity contribution in [1.82, 2.24) is 0 Å². The first-order valence-corrected chi connectivity index (χ1v) is 4.47. The Labute approximate surface area is 82.2 Å². The summed E-state index contributed by atoms with van der Waals surface area (Å²) in [5, 5.41) is 0. The molecule has 0 spiro atoms. The molecule has 0 unspecified atom stereocenters. The molecule has 0 aliphatic rings. The zero-order valence-electron chi connectivity index (χ0n) is 7.84. The number of rotatable bonds is 4. The van der Waals surface area contributed by atoms with Crippen molar-refractivity contribution >= 4 is 0 Å². The van der Waals surface area contributed by atoms with Crippen molar-refractivity contribution in [3.05, 3.63) is 48.1 Å². The monoisotopic (exact) mass is 197 g/mol. The topological polar surface area (TPSA) is 26.0 Å². The molecule has 1 aromatic rings. The minimum atomic E-state index is -0.850. The van der Waals surface area contributed by atoms with E-state index in [0.717, 1.165) is 6.07 Å². The lowest BCUT2D eigenvalue weighted by Crippen LogP contribution is -2.12. The van der Waals surface area contributed by atoms with Crippen LogP contribution in [0, 0.1) is 11.6 Å². The van der Waals surface area contributed by atoms with Gasteiger partial charge in [-0.3, -0.25) is 0 Å². The van der Waals surface area contributed by atoms with Crippen molar-refractivity contribution in [3.63, 3.8) is 0 Å². The molecule has 1 rings (SSSR count). The SMILES string of the molecule is C=CCC[C@@H](N)c1cccc(F)c1F. The van der Waals surface area contributed by atoms with E-state index >= 15 is 0 Å². The molecule has 1 aromatic carbocycles. The summed E-state index contributed by atoms with van der Waals surface area (Å²) in [6.45, 7) is 3.54. The van der Waals surface area contributed by atoms with Gasteiger partial charge in [-0.25, -0.2) is 8.78 Å². The lowest BCUT2D eigenvalue weighted by Gasteiger charge is -2.11. The number of hydrogen-bond acceptors (Lipinski definition) is 1. The van der Waals surface area contributed by atoms with E-state index in [2.05, 4.69) is 6.58 Å². The van der Waals surface area contributed by atoms with Gasteiger partial charge in [0, 0.05) is 11.6 Å². The van der Waals surface area contributed by atoms with Crippen molar-refractivity contribution in [2.45, 2.75) is 18.9 Å². The fourth-order valence-electron chi connectivity index (χ4n) is 1.26. The first-order valence-electron chi connectivity index (χ1n) is 4.47. The largest absolute Gasteiger partial charge is 0.324 e. The van der Waals surface area contributed by atoms with Crippen LogP contribution >= 0.6 is 0 Å². The molecule has 0 radical (unpaired) electrons. The van der Waals surface area contributed by atoms with E-state index in [1.807, 2.05) is 0 Å². The van der Waals surface area contributed by atoms with Crippen LogP contribution < -0.4 is 5.73 Å². The lowest BCUT2D eigenvalue weighted by atomic mass is 10.0. The molecule has 3 heteroatoms. The van der Waals surface area contributed by atoms with Crippen molar-refractivity contribution in [2.75, 3.05) is 0 Å². The highest BCUT2D eigenvalue weighted by molar-refractivity contribution is 5.22. The molecule has 0 fully saturated rings. The van der Waals surface area contributed by atoms with Crippen LogP contribution in [-0.4, -0.2) is 0 Å². The van der Waals surface area contributed by atoms with Gasteiger partial charge in [0.1, 0.15) is 0 Å². The Balaban J connectivity index is 2.83. The maximum Gasteiger partial charge on any atom is 0.163 e. The van der Waals surface area contributed by atoms with Crippen LogP contribution in [0.25, 0.3) is 0 Å². The van der Waals surface area contributed by atoms with Gasteiger partial charge in [-0.1, -0.05) is 18.2 Å². The first kappa shape index (κ1) is 10.9. The zero-order valence-corrected chi connectivity index (χ0v) is 7.84. The van der Waals surface area contributed by atoms with Crippen LogP contribution in [0.15, 0.2) is 30.9 Å². The Morgan fingerprint density at radius 3 is 2.79 bits per heavy atom. The molecule has 1 nitrogen and oxygen atoms in total. The van der Waals surface area contributed by atoms with Gasteiger partial charge < -0.3 is 5.73 Å². The van der Waals surface area contributed by atoms with Gasteiger partial charge >= 0.3 is 0 Å². The third kappa shape index (κ3) is 2.39. The first-order chi connectivity index (χ1) is 6.66. The van der Waals surface area contributed by atoms with Gasteiger partial charge in [-0.2, -0.15) is 0 Å². The van der Waals surface area contributed by atoms with Gasteiger partial charge in [0.15, 0.2) is 11.6 Å². The molecule has 0 aliphatic heterocycles. The van der Waals surface area contributed by atoms with Gasteiger partial charge in [0.05, 0.1) is 0 Å². The standard InChI is InChI=1S/C11H13F2N/c1-2-3-7-10(14)8-5-4-6-9(12)11(8)13/h2,4-6,10H,1,3,7,14H2/t10-/m1/s1. The van der Waals surface area contributed by atoms with Crippen molar-refractivity contribution < 1.29 is 8.78 Å². The van der Waals surface area contributed by atoms with E-state index in [-0.39, 0.29) is 5.56 Å². The van der Waals surface area contributed by atoms with Crippen molar-refractivity contribution in [1.29, 1.82) is 0 Å². The molecule has 1 atom stereocenters. The molecule has 0 saturated heterocycles. The third-order valence-corrected chi connectivity index (χ3v) is 2.06. The van der Waals surface area contributed by atoms with Crippen LogP contribution in [-0.2, 0) is 0 Å². The summed E-state index contributed by atoms with van der Waals surface area (Å²) in [6, 6.07) is 3.58. The van der Waals surface area contributed by atoms with Crippen LogP contribution in [0.2, 0.25) is 0 Å². The van der Waals surface area contributed by atoms with Crippen molar-refractivity contribution in [3.8, 4) is 0 Å². The zero-order chi connectivity index (χ0) is 10.6. The van der Waals surface area contributed by atoms with Crippen LogP contribution in [0.5, 0.6) is 0 Å². The third-order valence-electron chi connectivity index (χ3n) is 2.06. The summed E-state index contributed by atoms with van der Waals surface area (Å²) in [7, 11) is 0. The highest BCUT2D eigenvalue weighted by atomic mass is 19.2. The summed E-state index contributed by atoms with van der Waals surface area (Å²) in [5.74, 6) is -1.69. The molecule has 0 aliphatic carbocycles. The fourth-order valence-corrected chi connectivity index (χ4v) is 1.26.